The molecule has 1 heterocycles. The molecule has 2 heteroatoms. The van der Waals surface area contributed by atoms with Crippen molar-refractivity contribution in [1.29, 1.82) is 0 Å². The van der Waals surface area contributed by atoms with Crippen molar-refractivity contribution in [2.24, 2.45) is 11.8 Å². The smallest absolute Gasteiger partial charge is 0.0807 e. The van der Waals surface area contributed by atoms with Crippen LogP contribution >= 0.6 is 0 Å². The molecule has 1 saturated carbocycles. The lowest BCUT2D eigenvalue weighted by Gasteiger charge is -2.43. The van der Waals surface area contributed by atoms with E-state index in [1.165, 1.54) is 38.5 Å². The van der Waals surface area contributed by atoms with Crippen molar-refractivity contribution >= 4 is 0 Å². The monoisotopic (exact) mass is 239 g/mol. The van der Waals surface area contributed by atoms with Crippen LogP contribution < -0.4 is 5.32 Å². The van der Waals surface area contributed by atoms with Gasteiger partial charge in [-0.15, -0.1) is 0 Å². The molecule has 1 aliphatic carbocycles. The molecule has 0 aromatic rings. The van der Waals surface area contributed by atoms with E-state index in [2.05, 4.69) is 26.1 Å². The van der Waals surface area contributed by atoms with Crippen LogP contribution in [0.3, 0.4) is 0 Å². The lowest BCUT2D eigenvalue weighted by atomic mass is 9.86. The highest BCUT2D eigenvalue weighted by atomic mass is 16.5. The molecule has 3 unspecified atom stereocenters. The van der Waals surface area contributed by atoms with E-state index in [-0.39, 0.29) is 5.60 Å². The summed E-state index contributed by atoms with van der Waals surface area (Å²) in [5, 5.41) is 3.59. The molecule has 2 fully saturated rings. The van der Waals surface area contributed by atoms with Gasteiger partial charge >= 0.3 is 0 Å². The highest BCUT2D eigenvalue weighted by molar-refractivity contribution is 4.90. The second-order valence-corrected chi connectivity index (χ2v) is 6.38. The fraction of sp³-hybridized carbons (Fsp3) is 1.00. The minimum atomic E-state index is 0.0519. The average molecular weight is 239 g/mol. The Kier molecular flexibility index (Phi) is 4.48. The van der Waals surface area contributed by atoms with Crippen LogP contribution in [-0.2, 0) is 4.74 Å². The summed E-state index contributed by atoms with van der Waals surface area (Å²) in [6.07, 6.45) is 8.67. The van der Waals surface area contributed by atoms with Gasteiger partial charge in [0, 0.05) is 13.1 Å². The van der Waals surface area contributed by atoms with E-state index in [0.717, 1.165) is 19.0 Å². The molecule has 0 bridgehead atoms. The number of rotatable bonds is 4. The first kappa shape index (κ1) is 13.4. The third-order valence-electron chi connectivity index (χ3n) is 5.01. The molecule has 0 aromatic carbocycles. The van der Waals surface area contributed by atoms with Crippen molar-refractivity contribution in [3.8, 4) is 0 Å². The molecule has 2 rings (SSSR count). The van der Waals surface area contributed by atoms with E-state index in [0.29, 0.717) is 12.0 Å². The van der Waals surface area contributed by atoms with Crippen LogP contribution in [0, 0.1) is 11.8 Å². The van der Waals surface area contributed by atoms with Crippen LogP contribution in [0.25, 0.3) is 0 Å². The third kappa shape index (κ3) is 3.23. The predicted octanol–water partition coefficient (Wildman–Crippen LogP) is 3.36. The second kappa shape index (κ2) is 5.71. The molecule has 1 N–H and O–H groups in total. The fourth-order valence-electron chi connectivity index (χ4n) is 3.42. The normalized spacial score (nSPS) is 37.2. The zero-order valence-electron chi connectivity index (χ0n) is 11.8. The summed E-state index contributed by atoms with van der Waals surface area (Å²) >= 11 is 0. The van der Waals surface area contributed by atoms with Crippen LogP contribution in [0.15, 0.2) is 0 Å². The highest BCUT2D eigenvalue weighted by Crippen LogP contribution is 2.33. The lowest BCUT2D eigenvalue weighted by molar-refractivity contribution is -0.139. The van der Waals surface area contributed by atoms with Gasteiger partial charge in [0.1, 0.15) is 0 Å². The molecule has 0 aromatic heterocycles. The maximum Gasteiger partial charge on any atom is 0.0807 e. The molecular weight excluding hydrogens is 210 g/mol. The van der Waals surface area contributed by atoms with Gasteiger partial charge in [-0.05, 0) is 25.2 Å². The number of morpholine rings is 1. The number of ether oxygens (including phenoxy) is 1. The Morgan fingerprint density at radius 3 is 2.71 bits per heavy atom. The standard InChI is InChI=1S/C15H29NO/c1-4-12(2)15(3)11-16-10-14(17-15)9-13-7-5-6-8-13/h12-14,16H,4-11H2,1-3H3. The van der Waals surface area contributed by atoms with E-state index in [4.69, 9.17) is 4.74 Å². The molecule has 2 nitrogen and oxygen atoms in total. The molecule has 17 heavy (non-hydrogen) atoms. The van der Waals surface area contributed by atoms with Crippen molar-refractivity contribution < 1.29 is 4.74 Å². The quantitative estimate of drug-likeness (QED) is 0.812. The van der Waals surface area contributed by atoms with Crippen LogP contribution in [0.2, 0.25) is 0 Å². The van der Waals surface area contributed by atoms with Gasteiger partial charge in [0.25, 0.3) is 0 Å². The van der Waals surface area contributed by atoms with Gasteiger partial charge in [0.05, 0.1) is 11.7 Å². The summed E-state index contributed by atoms with van der Waals surface area (Å²) < 4.78 is 6.43. The molecule has 0 spiro atoms. The van der Waals surface area contributed by atoms with Gasteiger partial charge in [-0.25, -0.2) is 0 Å². The average Bonchev–Trinajstić information content (AvgIpc) is 2.81. The van der Waals surface area contributed by atoms with Crippen molar-refractivity contribution in [2.45, 2.75) is 71.0 Å². The predicted molar refractivity (Wildman–Crippen MR) is 72.2 cm³/mol. The summed E-state index contributed by atoms with van der Waals surface area (Å²) in [4.78, 5) is 0. The van der Waals surface area contributed by atoms with Gasteiger partial charge < -0.3 is 10.1 Å². The van der Waals surface area contributed by atoms with E-state index in [1.807, 2.05) is 0 Å². The van der Waals surface area contributed by atoms with Crippen LogP contribution in [0.4, 0.5) is 0 Å². The van der Waals surface area contributed by atoms with Gasteiger partial charge in [-0.2, -0.15) is 0 Å². The molecule has 2 aliphatic rings. The van der Waals surface area contributed by atoms with E-state index < -0.39 is 0 Å². The molecule has 1 saturated heterocycles. The van der Waals surface area contributed by atoms with Crippen molar-refractivity contribution in [3.05, 3.63) is 0 Å². The van der Waals surface area contributed by atoms with Gasteiger partial charge in [0.15, 0.2) is 0 Å². The van der Waals surface area contributed by atoms with Crippen LogP contribution in [-0.4, -0.2) is 24.8 Å². The Morgan fingerprint density at radius 1 is 1.35 bits per heavy atom. The zero-order chi connectivity index (χ0) is 12.3. The molecule has 0 radical (unpaired) electrons. The van der Waals surface area contributed by atoms with Crippen molar-refractivity contribution in [3.63, 3.8) is 0 Å². The second-order valence-electron chi connectivity index (χ2n) is 6.38. The molecule has 0 amide bonds. The first-order chi connectivity index (χ1) is 8.14. The summed E-state index contributed by atoms with van der Waals surface area (Å²) in [5.74, 6) is 1.57. The minimum Gasteiger partial charge on any atom is -0.369 e. The molecule has 3 atom stereocenters. The van der Waals surface area contributed by atoms with Crippen LogP contribution in [0.1, 0.15) is 59.3 Å². The van der Waals surface area contributed by atoms with E-state index in [9.17, 15) is 0 Å². The number of hydrogen-bond acceptors (Lipinski definition) is 2. The number of hydrogen-bond donors (Lipinski definition) is 1. The van der Waals surface area contributed by atoms with E-state index >= 15 is 0 Å². The first-order valence-corrected chi connectivity index (χ1v) is 7.52. The third-order valence-corrected chi connectivity index (χ3v) is 5.01. The van der Waals surface area contributed by atoms with Crippen molar-refractivity contribution in [1.82, 2.24) is 5.32 Å². The topological polar surface area (TPSA) is 21.3 Å². The summed E-state index contributed by atoms with van der Waals surface area (Å²) in [6, 6.07) is 0. The Bertz CT molecular complexity index is 237. The molecule has 1 aliphatic heterocycles. The molecular formula is C15H29NO. The van der Waals surface area contributed by atoms with Gasteiger partial charge in [-0.3, -0.25) is 0 Å². The van der Waals surface area contributed by atoms with Crippen molar-refractivity contribution in [2.75, 3.05) is 13.1 Å². The number of nitrogens with one attached hydrogen (secondary N) is 1. The maximum atomic E-state index is 6.43. The Hall–Kier alpha value is -0.0800. The largest absolute Gasteiger partial charge is 0.369 e. The summed E-state index contributed by atoms with van der Waals surface area (Å²) in [5.41, 5.74) is 0.0519. The fourth-order valence-corrected chi connectivity index (χ4v) is 3.42. The lowest BCUT2D eigenvalue weighted by Crippen LogP contribution is -2.55. The van der Waals surface area contributed by atoms with Crippen LogP contribution in [0.5, 0.6) is 0 Å². The Balaban J connectivity index is 1.87. The van der Waals surface area contributed by atoms with Gasteiger partial charge in [-0.1, -0.05) is 46.0 Å². The van der Waals surface area contributed by atoms with Gasteiger partial charge in [0.2, 0.25) is 0 Å². The first-order valence-electron chi connectivity index (χ1n) is 7.52. The Labute approximate surface area is 107 Å². The SMILES string of the molecule is CCC(C)C1(C)CNCC(CC2CCCC2)O1. The maximum absolute atomic E-state index is 6.43. The minimum absolute atomic E-state index is 0.0519. The summed E-state index contributed by atoms with van der Waals surface area (Å²) in [7, 11) is 0. The highest BCUT2D eigenvalue weighted by Gasteiger charge is 2.37. The zero-order valence-corrected chi connectivity index (χ0v) is 11.8. The summed E-state index contributed by atoms with van der Waals surface area (Å²) in [6.45, 7) is 8.94. The van der Waals surface area contributed by atoms with E-state index in [1.54, 1.807) is 0 Å². The molecule has 100 valence electrons. The Morgan fingerprint density at radius 2 is 2.06 bits per heavy atom.